The van der Waals surface area contributed by atoms with Crippen molar-refractivity contribution < 1.29 is 14.3 Å². The number of hydrogen-bond acceptors (Lipinski definition) is 4. The monoisotopic (exact) mass is 360 g/mol. The fourth-order valence-corrected chi connectivity index (χ4v) is 3.43. The summed E-state index contributed by atoms with van der Waals surface area (Å²) in [7, 11) is 1.94. The number of hydrogen-bond donors (Lipinski definition) is 1. The number of rotatable bonds is 5. The van der Waals surface area contributed by atoms with Gasteiger partial charge >= 0.3 is 0 Å². The Balaban J connectivity index is 1.63. The van der Waals surface area contributed by atoms with Gasteiger partial charge in [-0.25, -0.2) is 4.39 Å². The number of aromatic nitrogens is 2. The summed E-state index contributed by atoms with van der Waals surface area (Å²) in [6.07, 6.45) is 4.38. The van der Waals surface area contributed by atoms with Crippen LogP contribution in [0.4, 0.5) is 4.39 Å². The van der Waals surface area contributed by atoms with Gasteiger partial charge in [-0.2, -0.15) is 5.10 Å². The first-order valence-corrected chi connectivity index (χ1v) is 8.84. The van der Waals surface area contributed by atoms with Crippen molar-refractivity contribution in [3.05, 3.63) is 54.1 Å². The number of amides is 1. The van der Waals surface area contributed by atoms with Gasteiger partial charge in [0.1, 0.15) is 11.4 Å². The molecule has 1 aliphatic rings. The Labute approximate surface area is 152 Å². The summed E-state index contributed by atoms with van der Waals surface area (Å²) < 4.78 is 14.7. The smallest absolute Gasteiger partial charge is 0.223 e. The van der Waals surface area contributed by atoms with Gasteiger partial charge in [-0.1, -0.05) is 12.1 Å². The Morgan fingerprint density at radius 2 is 2.04 bits per heavy atom. The van der Waals surface area contributed by atoms with Crippen molar-refractivity contribution in [3.8, 4) is 0 Å². The van der Waals surface area contributed by atoms with E-state index in [0.717, 1.165) is 5.56 Å². The van der Waals surface area contributed by atoms with E-state index in [1.54, 1.807) is 27.9 Å². The van der Waals surface area contributed by atoms with Crippen LogP contribution in [0.15, 0.2) is 42.7 Å². The van der Waals surface area contributed by atoms with Crippen LogP contribution in [-0.4, -0.2) is 69.4 Å². The predicted octanol–water partition coefficient (Wildman–Crippen LogP) is 1.16. The topological polar surface area (TPSA) is 61.6 Å². The lowest BCUT2D eigenvalue weighted by molar-refractivity contribution is -0.134. The molecule has 0 radical (unpaired) electrons. The minimum atomic E-state index is -1.05. The largest absolute Gasteiger partial charge is 0.385 e. The Morgan fingerprint density at radius 1 is 1.27 bits per heavy atom. The molecule has 1 amide bonds. The lowest BCUT2D eigenvalue weighted by atomic mass is 10.0. The van der Waals surface area contributed by atoms with Crippen LogP contribution in [0.3, 0.4) is 0 Å². The lowest BCUT2D eigenvalue weighted by Crippen LogP contribution is -2.50. The van der Waals surface area contributed by atoms with Gasteiger partial charge in [0.2, 0.25) is 5.91 Å². The number of aryl methyl sites for hydroxylation is 1. The molecule has 1 saturated heterocycles. The maximum atomic E-state index is 13.0. The molecule has 1 fully saturated rings. The average molecular weight is 360 g/mol. The highest BCUT2D eigenvalue weighted by Gasteiger charge is 2.36. The number of likely N-dealkylation sites (N-methyl/N-ethyl adjacent to an activating group) is 1. The third kappa shape index (κ3) is 4.89. The van der Waals surface area contributed by atoms with Crippen LogP contribution < -0.4 is 0 Å². The van der Waals surface area contributed by atoms with Gasteiger partial charge in [0.25, 0.3) is 0 Å². The molecule has 1 N–H and O–H groups in total. The Bertz CT molecular complexity index is 720. The Kier molecular flexibility index (Phi) is 5.68. The molecule has 1 atom stereocenters. The fraction of sp³-hybridized carbons (Fsp3) is 0.474. The number of carbonyl (C=O) groups excluding carboxylic acids is 1. The maximum absolute atomic E-state index is 13.0. The molecule has 0 spiro atoms. The van der Waals surface area contributed by atoms with Gasteiger partial charge < -0.3 is 14.9 Å². The molecular weight excluding hydrogens is 335 g/mol. The summed E-state index contributed by atoms with van der Waals surface area (Å²) in [5.41, 5.74) is -0.124. The van der Waals surface area contributed by atoms with Crippen LogP contribution in [0.2, 0.25) is 0 Å². The van der Waals surface area contributed by atoms with Crippen molar-refractivity contribution in [3.63, 3.8) is 0 Å². The molecule has 1 aromatic carbocycles. The summed E-state index contributed by atoms with van der Waals surface area (Å²) in [4.78, 5) is 16.5. The average Bonchev–Trinajstić information content (AvgIpc) is 3.04. The number of nitrogens with zero attached hydrogens (tertiary/aromatic N) is 4. The summed E-state index contributed by atoms with van der Waals surface area (Å²) in [6, 6.07) is 8.03. The van der Waals surface area contributed by atoms with Crippen LogP contribution in [0, 0.1) is 5.82 Å². The molecular formula is C19H25FN4O2. The summed E-state index contributed by atoms with van der Waals surface area (Å²) >= 11 is 0. The van der Waals surface area contributed by atoms with Crippen molar-refractivity contribution in [2.45, 2.75) is 25.0 Å². The molecule has 1 aromatic heterocycles. The third-order valence-corrected chi connectivity index (χ3v) is 4.71. The molecule has 3 rings (SSSR count). The van der Waals surface area contributed by atoms with Crippen molar-refractivity contribution in [2.75, 3.05) is 33.2 Å². The second-order valence-corrected chi connectivity index (χ2v) is 7.11. The third-order valence-electron chi connectivity index (χ3n) is 4.71. The van der Waals surface area contributed by atoms with Crippen LogP contribution >= 0.6 is 0 Å². The maximum Gasteiger partial charge on any atom is 0.223 e. The predicted molar refractivity (Wildman–Crippen MR) is 96.0 cm³/mol. The van der Waals surface area contributed by atoms with E-state index < -0.39 is 5.60 Å². The standard InChI is InChI=1S/C19H25FN4O2/c1-22-11-12-23(14-19(26,13-22)15-24-10-2-9-21-24)18(25)8-5-16-3-6-17(20)7-4-16/h2-4,6-7,9-10,26H,5,8,11-15H2,1H3/t19-/m1/s1. The van der Waals surface area contributed by atoms with E-state index in [9.17, 15) is 14.3 Å². The van der Waals surface area contributed by atoms with Crippen molar-refractivity contribution >= 4 is 5.91 Å². The van der Waals surface area contributed by atoms with Gasteiger partial charge in [0.05, 0.1) is 13.1 Å². The van der Waals surface area contributed by atoms with Crippen LogP contribution in [0.5, 0.6) is 0 Å². The second-order valence-electron chi connectivity index (χ2n) is 7.11. The molecule has 7 heteroatoms. The Morgan fingerprint density at radius 3 is 2.73 bits per heavy atom. The summed E-state index contributed by atoms with van der Waals surface area (Å²) in [5.74, 6) is -0.275. The van der Waals surface area contributed by atoms with Gasteiger partial charge in [-0.05, 0) is 37.2 Å². The molecule has 2 heterocycles. The molecule has 0 unspecified atom stereocenters. The molecule has 2 aromatic rings. The zero-order valence-corrected chi connectivity index (χ0v) is 15.0. The zero-order chi connectivity index (χ0) is 18.6. The van der Waals surface area contributed by atoms with Crippen LogP contribution in [0.25, 0.3) is 0 Å². The highest BCUT2D eigenvalue weighted by atomic mass is 19.1. The summed E-state index contributed by atoms with van der Waals surface area (Å²) in [6.45, 7) is 2.39. The number of aliphatic hydroxyl groups is 1. The molecule has 26 heavy (non-hydrogen) atoms. The van der Waals surface area contributed by atoms with Crippen molar-refractivity contribution in [1.29, 1.82) is 0 Å². The number of halogens is 1. The first-order valence-electron chi connectivity index (χ1n) is 8.84. The van der Waals surface area contributed by atoms with Crippen molar-refractivity contribution in [1.82, 2.24) is 19.6 Å². The molecule has 0 aliphatic carbocycles. The molecule has 6 nitrogen and oxygen atoms in total. The minimum absolute atomic E-state index is 0.00325. The van der Waals surface area contributed by atoms with Gasteiger partial charge in [-0.15, -0.1) is 0 Å². The van der Waals surface area contributed by atoms with Crippen LogP contribution in [0.1, 0.15) is 12.0 Å². The van der Waals surface area contributed by atoms with Crippen molar-refractivity contribution in [2.24, 2.45) is 0 Å². The molecule has 1 aliphatic heterocycles. The van der Waals surface area contributed by atoms with E-state index in [1.165, 1.54) is 12.1 Å². The minimum Gasteiger partial charge on any atom is -0.385 e. The lowest BCUT2D eigenvalue weighted by Gasteiger charge is -2.32. The van der Waals surface area contributed by atoms with Crippen LogP contribution in [-0.2, 0) is 17.8 Å². The molecule has 140 valence electrons. The first kappa shape index (κ1) is 18.5. The van der Waals surface area contributed by atoms with Gasteiger partial charge in [-0.3, -0.25) is 9.48 Å². The van der Waals surface area contributed by atoms with Gasteiger partial charge in [0, 0.05) is 38.4 Å². The second kappa shape index (κ2) is 7.97. The molecule has 0 bridgehead atoms. The first-order chi connectivity index (χ1) is 12.4. The van der Waals surface area contributed by atoms with E-state index in [-0.39, 0.29) is 18.3 Å². The zero-order valence-electron chi connectivity index (χ0n) is 15.0. The number of benzene rings is 1. The van der Waals surface area contributed by atoms with E-state index in [1.807, 2.05) is 24.2 Å². The summed E-state index contributed by atoms with van der Waals surface area (Å²) in [5, 5.41) is 15.3. The Hall–Kier alpha value is -2.25. The highest BCUT2D eigenvalue weighted by Crippen LogP contribution is 2.17. The van der Waals surface area contributed by atoms with E-state index in [0.29, 0.717) is 39.0 Å². The number of carbonyl (C=O) groups is 1. The van der Waals surface area contributed by atoms with E-state index in [2.05, 4.69) is 5.10 Å². The number of β-amino-alcohol motifs (C(OH)–C–C–N with tert-alkyl or cyclic N) is 1. The molecule has 0 saturated carbocycles. The van der Waals surface area contributed by atoms with Gasteiger partial charge in [0.15, 0.2) is 0 Å². The SMILES string of the molecule is CN1CCN(C(=O)CCc2ccc(F)cc2)C[C@@](O)(Cn2cccn2)C1. The normalized spacial score (nSPS) is 21.6. The van der Waals surface area contributed by atoms with E-state index in [4.69, 9.17) is 0 Å². The highest BCUT2D eigenvalue weighted by molar-refractivity contribution is 5.76. The van der Waals surface area contributed by atoms with E-state index >= 15 is 0 Å². The fourth-order valence-electron chi connectivity index (χ4n) is 3.43. The quantitative estimate of drug-likeness (QED) is 0.869.